The van der Waals surface area contributed by atoms with Gasteiger partial charge in [0.1, 0.15) is 5.82 Å². The summed E-state index contributed by atoms with van der Waals surface area (Å²) in [4.78, 5) is 7.02. The van der Waals surface area contributed by atoms with Gasteiger partial charge < -0.3 is 20.9 Å². The summed E-state index contributed by atoms with van der Waals surface area (Å²) >= 11 is 5.65. The van der Waals surface area contributed by atoms with Crippen molar-refractivity contribution in [1.82, 2.24) is 10.3 Å². The molecule has 174 valence electrons. The maximum atomic E-state index is 5.65. The summed E-state index contributed by atoms with van der Waals surface area (Å²) in [5.74, 6) is 0.951. The molecule has 0 aliphatic heterocycles. The molecule has 3 N–H and O–H groups in total. The van der Waals surface area contributed by atoms with E-state index in [9.17, 15) is 0 Å². The molecule has 3 aromatic carbocycles. The van der Waals surface area contributed by atoms with Crippen LogP contribution in [0.4, 0.5) is 17.2 Å². The number of anilines is 3. The number of hydrogen-bond donors (Lipinski definition) is 3. The summed E-state index contributed by atoms with van der Waals surface area (Å²) in [7, 11) is 4.16. The van der Waals surface area contributed by atoms with Crippen molar-refractivity contribution in [2.45, 2.75) is 37.8 Å². The van der Waals surface area contributed by atoms with Crippen molar-refractivity contribution in [2.24, 2.45) is 0 Å². The molecule has 6 heteroatoms. The summed E-state index contributed by atoms with van der Waals surface area (Å²) in [6.45, 7) is 0. The number of rotatable bonds is 5. The molecule has 0 bridgehead atoms. The molecule has 0 spiro atoms. The van der Waals surface area contributed by atoms with E-state index in [4.69, 9.17) is 17.2 Å². The van der Waals surface area contributed by atoms with Crippen molar-refractivity contribution in [3.05, 3.63) is 72.8 Å². The van der Waals surface area contributed by atoms with E-state index in [1.807, 2.05) is 6.07 Å². The van der Waals surface area contributed by atoms with Crippen molar-refractivity contribution in [1.29, 1.82) is 0 Å². The van der Waals surface area contributed by atoms with Gasteiger partial charge in [-0.15, -0.1) is 0 Å². The van der Waals surface area contributed by atoms with Crippen LogP contribution in [0.25, 0.3) is 21.7 Å². The second-order valence-electron chi connectivity index (χ2n) is 9.26. The smallest absolute Gasteiger partial charge is 0.171 e. The Morgan fingerprint density at radius 3 is 2.32 bits per heavy atom. The van der Waals surface area contributed by atoms with Gasteiger partial charge in [-0.2, -0.15) is 0 Å². The zero-order chi connectivity index (χ0) is 23.5. The monoisotopic (exact) mass is 469 g/mol. The average molecular weight is 470 g/mol. The Kier molecular flexibility index (Phi) is 6.50. The van der Waals surface area contributed by atoms with Gasteiger partial charge in [-0.05, 0) is 55.4 Å². The maximum absolute atomic E-state index is 5.65. The van der Waals surface area contributed by atoms with Gasteiger partial charge in [0.2, 0.25) is 0 Å². The van der Waals surface area contributed by atoms with Gasteiger partial charge in [0.25, 0.3) is 0 Å². The molecule has 5 rings (SSSR count). The molecule has 34 heavy (non-hydrogen) atoms. The molecule has 0 amide bonds. The molecular weight excluding hydrogens is 438 g/mol. The van der Waals surface area contributed by atoms with E-state index >= 15 is 0 Å². The standard InChI is InChI=1S/C28H31N5S/c1-33(2)26-18-27(31-25-12-6-5-11-23(25)26)29-20-14-16-21(17-15-20)30-28(34)32-24-13-7-9-19-8-3-4-10-22(19)24/h3-13,18,20-21H,14-17H2,1-2H3,(H,29,31)(H2,30,32,34)/t20-,21+. The molecule has 4 aromatic rings. The van der Waals surface area contributed by atoms with Crippen molar-refractivity contribution < 1.29 is 0 Å². The number of nitrogens with zero attached hydrogens (tertiary/aromatic N) is 2. The van der Waals surface area contributed by atoms with Gasteiger partial charge in [0.05, 0.1) is 5.52 Å². The highest BCUT2D eigenvalue weighted by molar-refractivity contribution is 7.80. The molecule has 0 radical (unpaired) electrons. The topological polar surface area (TPSA) is 52.2 Å². The lowest BCUT2D eigenvalue weighted by Gasteiger charge is -2.31. The van der Waals surface area contributed by atoms with Crippen molar-refractivity contribution in [3.63, 3.8) is 0 Å². The third kappa shape index (κ3) is 4.92. The first-order valence-corrected chi connectivity index (χ1v) is 12.4. The molecule has 1 aliphatic rings. The van der Waals surface area contributed by atoms with E-state index in [1.165, 1.54) is 21.8 Å². The Morgan fingerprint density at radius 2 is 1.53 bits per heavy atom. The molecule has 1 fully saturated rings. The highest BCUT2D eigenvalue weighted by Gasteiger charge is 2.22. The van der Waals surface area contributed by atoms with E-state index < -0.39 is 0 Å². The number of aromatic nitrogens is 1. The van der Waals surface area contributed by atoms with Gasteiger partial charge >= 0.3 is 0 Å². The summed E-state index contributed by atoms with van der Waals surface area (Å²) in [5.41, 5.74) is 3.26. The van der Waals surface area contributed by atoms with Gasteiger partial charge in [0.15, 0.2) is 5.11 Å². The normalized spacial score (nSPS) is 17.9. The molecule has 0 unspecified atom stereocenters. The number of pyridine rings is 1. The first kappa shape index (κ1) is 22.4. The number of thiocarbonyl (C=S) groups is 1. The van der Waals surface area contributed by atoms with Crippen LogP contribution in [-0.4, -0.2) is 36.3 Å². The second-order valence-corrected chi connectivity index (χ2v) is 9.66. The van der Waals surface area contributed by atoms with E-state index in [1.54, 1.807) is 0 Å². The third-order valence-corrected chi connectivity index (χ3v) is 6.85. The Balaban J connectivity index is 1.18. The molecule has 1 aromatic heterocycles. The van der Waals surface area contributed by atoms with E-state index in [2.05, 4.69) is 102 Å². The minimum atomic E-state index is 0.384. The lowest BCUT2D eigenvalue weighted by molar-refractivity contribution is 0.388. The molecule has 1 heterocycles. The van der Waals surface area contributed by atoms with Crippen LogP contribution in [0.15, 0.2) is 72.8 Å². The minimum Gasteiger partial charge on any atom is -0.377 e. The minimum absolute atomic E-state index is 0.384. The van der Waals surface area contributed by atoms with Crippen molar-refractivity contribution in [2.75, 3.05) is 29.6 Å². The number of fused-ring (bicyclic) bond motifs is 2. The van der Waals surface area contributed by atoms with Gasteiger partial charge in [-0.25, -0.2) is 4.98 Å². The molecule has 1 aliphatic carbocycles. The number of para-hydroxylation sites is 1. The predicted molar refractivity (Wildman–Crippen MR) is 149 cm³/mol. The molecule has 0 saturated heterocycles. The lowest BCUT2D eigenvalue weighted by atomic mass is 9.91. The van der Waals surface area contributed by atoms with E-state index in [0.29, 0.717) is 17.2 Å². The maximum Gasteiger partial charge on any atom is 0.171 e. The van der Waals surface area contributed by atoms with E-state index in [-0.39, 0.29) is 0 Å². The summed E-state index contributed by atoms with van der Waals surface area (Å²) in [6.07, 6.45) is 4.31. The number of benzene rings is 3. The van der Waals surface area contributed by atoms with Crippen molar-refractivity contribution >= 4 is 56.2 Å². The largest absolute Gasteiger partial charge is 0.377 e. The summed E-state index contributed by atoms with van der Waals surface area (Å²) in [5, 5.41) is 14.9. The highest BCUT2D eigenvalue weighted by atomic mass is 32.1. The predicted octanol–water partition coefficient (Wildman–Crippen LogP) is 6.16. The fourth-order valence-corrected chi connectivity index (χ4v) is 5.15. The molecule has 5 nitrogen and oxygen atoms in total. The lowest BCUT2D eigenvalue weighted by Crippen LogP contribution is -2.42. The molecule has 0 atom stereocenters. The molecular formula is C28H31N5S. The molecule has 1 saturated carbocycles. The fourth-order valence-electron chi connectivity index (χ4n) is 4.87. The van der Waals surface area contributed by atoms with Crippen LogP contribution in [0.2, 0.25) is 0 Å². The van der Waals surface area contributed by atoms with Crippen molar-refractivity contribution in [3.8, 4) is 0 Å². The van der Waals surface area contributed by atoms with Crippen LogP contribution >= 0.6 is 12.2 Å². The Hall–Kier alpha value is -3.38. The van der Waals surface area contributed by atoms with Crippen LogP contribution in [0.1, 0.15) is 25.7 Å². The van der Waals surface area contributed by atoms with Gasteiger partial charge in [-0.1, -0.05) is 54.6 Å². The fraction of sp³-hybridized carbons (Fsp3) is 0.286. The zero-order valence-electron chi connectivity index (χ0n) is 19.7. The van der Waals surface area contributed by atoms with Gasteiger partial charge in [-0.3, -0.25) is 0 Å². The van der Waals surface area contributed by atoms with Crippen LogP contribution in [0.5, 0.6) is 0 Å². The Bertz CT molecular complexity index is 1310. The quantitative estimate of drug-likeness (QED) is 0.304. The van der Waals surface area contributed by atoms with Gasteiger partial charge in [0, 0.05) is 54.4 Å². The average Bonchev–Trinajstić information content (AvgIpc) is 2.85. The van der Waals surface area contributed by atoms with Crippen LogP contribution in [-0.2, 0) is 0 Å². The first-order chi connectivity index (χ1) is 16.6. The summed E-state index contributed by atoms with van der Waals surface area (Å²) < 4.78 is 0. The second kappa shape index (κ2) is 9.85. The third-order valence-electron chi connectivity index (χ3n) is 6.63. The Labute approximate surface area is 206 Å². The van der Waals surface area contributed by atoms with Crippen LogP contribution < -0.4 is 20.9 Å². The summed E-state index contributed by atoms with van der Waals surface area (Å²) in [6, 6.07) is 25.9. The number of hydrogen-bond acceptors (Lipinski definition) is 4. The number of nitrogens with one attached hydrogen (secondary N) is 3. The van der Waals surface area contributed by atoms with Crippen LogP contribution in [0, 0.1) is 0 Å². The first-order valence-electron chi connectivity index (χ1n) is 12.0. The van der Waals surface area contributed by atoms with Crippen LogP contribution in [0.3, 0.4) is 0 Å². The Morgan fingerprint density at radius 1 is 0.853 bits per heavy atom. The zero-order valence-corrected chi connectivity index (χ0v) is 20.5. The SMILES string of the molecule is CN(C)c1cc(N[C@H]2CC[C@@H](NC(=S)Nc3cccc4ccccc34)CC2)nc2ccccc12. The highest BCUT2D eigenvalue weighted by Crippen LogP contribution is 2.29. The van der Waals surface area contributed by atoms with E-state index in [0.717, 1.165) is 42.7 Å².